The van der Waals surface area contributed by atoms with E-state index in [0.29, 0.717) is 19.0 Å². The van der Waals surface area contributed by atoms with Crippen molar-refractivity contribution in [1.29, 1.82) is 0 Å². The summed E-state index contributed by atoms with van der Waals surface area (Å²) in [5, 5.41) is 12.7. The van der Waals surface area contributed by atoms with Crippen molar-refractivity contribution in [3.63, 3.8) is 0 Å². The fourth-order valence-electron chi connectivity index (χ4n) is 4.15. The van der Waals surface area contributed by atoms with Gasteiger partial charge in [-0.05, 0) is 49.1 Å². The largest absolute Gasteiger partial charge is 0.497 e. The summed E-state index contributed by atoms with van der Waals surface area (Å²) in [5.41, 5.74) is 2.20. The number of carbonyl (C=O) groups is 1. The fourth-order valence-corrected chi connectivity index (χ4v) is 4.92. The first-order valence-electron chi connectivity index (χ1n) is 11.8. The van der Waals surface area contributed by atoms with Crippen molar-refractivity contribution in [3.05, 3.63) is 60.2 Å². The van der Waals surface area contributed by atoms with E-state index in [9.17, 15) is 4.79 Å². The highest BCUT2D eigenvalue weighted by atomic mass is 32.2. The highest BCUT2D eigenvalue weighted by molar-refractivity contribution is 7.99. The van der Waals surface area contributed by atoms with Gasteiger partial charge in [0.1, 0.15) is 5.75 Å². The van der Waals surface area contributed by atoms with Gasteiger partial charge in [-0.2, -0.15) is 0 Å². The molecule has 1 aliphatic heterocycles. The van der Waals surface area contributed by atoms with Crippen LogP contribution in [0.1, 0.15) is 37.7 Å². The van der Waals surface area contributed by atoms with Gasteiger partial charge in [0.25, 0.3) is 0 Å². The molecule has 1 amide bonds. The van der Waals surface area contributed by atoms with Gasteiger partial charge in [-0.15, -0.1) is 10.2 Å². The van der Waals surface area contributed by atoms with E-state index in [1.807, 2.05) is 42.5 Å². The van der Waals surface area contributed by atoms with Gasteiger partial charge in [0.15, 0.2) is 11.0 Å². The summed E-state index contributed by atoms with van der Waals surface area (Å²) in [4.78, 5) is 12.6. The second kappa shape index (κ2) is 12.0. The van der Waals surface area contributed by atoms with Crippen LogP contribution in [0.15, 0.2) is 59.8 Å². The number of thioether (sulfide) groups is 1. The lowest BCUT2D eigenvalue weighted by molar-refractivity contribution is -0.118. The Balaban J connectivity index is 1.42. The number of rotatable bonds is 11. The fraction of sp³-hybridized carbons (Fsp3) is 0.423. The molecule has 8 heteroatoms. The normalized spacial score (nSPS) is 16.4. The molecule has 34 heavy (non-hydrogen) atoms. The smallest absolute Gasteiger partial charge is 0.230 e. The average molecular weight is 481 g/mol. The van der Waals surface area contributed by atoms with Crippen molar-refractivity contribution in [2.75, 3.05) is 26.0 Å². The zero-order valence-corrected chi connectivity index (χ0v) is 20.6. The Hall–Kier alpha value is -2.84. The van der Waals surface area contributed by atoms with Crippen LogP contribution in [0.5, 0.6) is 5.75 Å². The molecule has 1 aliphatic rings. The van der Waals surface area contributed by atoms with Gasteiger partial charge in [-0.25, -0.2) is 0 Å². The van der Waals surface area contributed by atoms with E-state index < -0.39 is 0 Å². The van der Waals surface area contributed by atoms with Gasteiger partial charge in [-0.1, -0.05) is 49.0 Å². The third-order valence-electron chi connectivity index (χ3n) is 6.12. The summed E-state index contributed by atoms with van der Waals surface area (Å²) < 4.78 is 13.2. The van der Waals surface area contributed by atoms with Crippen LogP contribution in [-0.2, 0) is 16.1 Å². The summed E-state index contributed by atoms with van der Waals surface area (Å²) in [5.74, 6) is 2.16. The number of carbonyl (C=O) groups excluding carboxylic acids is 1. The number of aromatic nitrogens is 3. The van der Waals surface area contributed by atoms with Gasteiger partial charge in [-0.3, -0.25) is 9.36 Å². The van der Waals surface area contributed by atoms with Crippen LogP contribution in [0.25, 0.3) is 11.4 Å². The summed E-state index contributed by atoms with van der Waals surface area (Å²) in [6.45, 7) is 4.23. The molecule has 0 aliphatic carbocycles. The molecule has 3 aromatic rings. The van der Waals surface area contributed by atoms with Crippen molar-refractivity contribution in [2.45, 2.75) is 49.9 Å². The van der Waals surface area contributed by atoms with E-state index >= 15 is 0 Å². The first kappa shape index (κ1) is 24.3. The maximum atomic E-state index is 12.6. The second-order valence-corrected chi connectivity index (χ2v) is 9.33. The number of ether oxygens (including phenoxy) is 2. The summed E-state index contributed by atoms with van der Waals surface area (Å²) in [7, 11) is 1.65. The monoisotopic (exact) mass is 480 g/mol. The molecule has 2 heterocycles. The molecule has 2 unspecified atom stereocenters. The standard InChI is InChI=1S/C26H32N4O3S/c1-3-19(20-8-5-4-6-9-20)16-27-24(31)18-34-26-29-28-25(21-11-13-22(32-2)14-12-21)30(26)17-23-10-7-15-33-23/h4-6,8-9,11-14,19,23H,3,7,10,15-18H2,1-2H3,(H,27,31). The minimum atomic E-state index is -0.00274. The lowest BCUT2D eigenvalue weighted by Gasteiger charge is -2.16. The Morgan fingerprint density at radius 1 is 1.21 bits per heavy atom. The van der Waals surface area contributed by atoms with Crippen LogP contribution in [0.4, 0.5) is 0 Å². The molecule has 0 bridgehead atoms. The third kappa shape index (κ3) is 6.18. The molecule has 1 N–H and O–H groups in total. The van der Waals surface area contributed by atoms with Gasteiger partial charge in [0.05, 0.1) is 25.5 Å². The first-order valence-corrected chi connectivity index (χ1v) is 12.8. The molecular formula is C26H32N4O3S. The first-order chi connectivity index (χ1) is 16.7. The number of hydrogen-bond donors (Lipinski definition) is 1. The van der Waals surface area contributed by atoms with Gasteiger partial charge in [0.2, 0.25) is 5.91 Å². The molecule has 0 radical (unpaired) electrons. The molecule has 1 fully saturated rings. The zero-order chi connectivity index (χ0) is 23.8. The number of methoxy groups -OCH3 is 1. The van der Waals surface area contributed by atoms with Crippen LogP contribution in [0, 0.1) is 0 Å². The number of amides is 1. The highest BCUT2D eigenvalue weighted by Gasteiger charge is 2.22. The van der Waals surface area contributed by atoms with Crippen LogP contribution in [-0.4, -0.2) is 52.8 Å². The SMILES string of the molecule is CCC(CNC(=O)CSc1nnc(-c2ccc(OC)cc2)n1CC1CCCO1)c1ccccc1. The Morgan fingerprint density at radius 2 is 2.00 bits per heavy atom. The summed E-state index contributed by atoms with van der Waals surface area (Å²) >= 11 is 1.41. The predicted molar refractivity (Wildman–Crippen MR) is 134 cm³/mol. The molecule has 1 aromatic heterocycles. The van der Waals surface area contributed by atoms with E-state index in [1.165, 1.54) is 17.3 Å². The van der Waals surface area contributed by atoms with E-state index in [0.717, 1.165) is 48.2 Å². The molecule has 0 spiro atoms. The molecular weight excluding hydrogens is 448 g/mol. The van der Waals surface area contributed by atoms with Gasteiger partial charge in [0, 0.05) is 24.6 Å². The van der Waals surface area contributed by atoms with Crippen LogP contribution >= 0.6 is 11.8 Å². The van der Waals surface area contributed by atoms with Crippen LogP contribution in [0.2, 0.25) is 0 Å². The van der Waals surface area contributed by atoms with Crippen molar-refractivity contribution in [1.82, 2.24) is 20.1 Å². The Kier molecular flexibility index (Phi) is 8.60. The molecule has 7 nitrogen and oxygen atoms in total. The van der Waals surface area contributed by atoms with E-state index in [2.05, 4.69) is 39.1 Å². The third-order valence-corrected chi connectivity index (χ3v) is 7.08. The van der Waals surface area contributed by atoms with E-state index in [-0.39, 0.29) is 17.8 Å². The second-order valence-electron chi connectivity index (χ2n) is 8.39. The Morgan fingerprint density at radius 3 is 2.68 bits per heavy atom. The molecule has 2 atom stereocenters. The lowest BCUT2D eigenvalue weighted by Crippen LogP contribution is -2.29. The minimum absolute atomic E-state index is 0.00274. The number of hydrogen-bond acceptors (Lipinski definition) is 6. The molecule has 1 saturated heterocycles. The maximum Gasteiger partial charge on any atom is 0.230 e. The molecule has 2 aromatic carbocycles. The number of nitrogens with zero attached hydrogens (tertiary/aromatic N) is 3. The highest BCUT2D eigenvalue weighted by Crippen LogP contribution is 2.28. The van der Waals surface area contributed by atoms with E-state index in [1.54, 1.807) is 7.11 Å². The number of benzene rings is 2. The Labute approximate surface area is 205 Å². The topological polar surface area (TPSA) is 78.3 Å². The Bertz CT molecular complexity index is 1050. The zero-order valence-electron chi connectivity index (χ0n) is 19.8. The predicted octanol–water partition coefficient (Wildman–Crippen LogP) is 4.53. The van der Waals surface area contributed by atoms with Crippen LogP contribution in [0.3, 0.4) is 0 Å². The molecule has 4 rings (SSSR count). The number of nitrogens with one attached hydrogen (secondary N) is 1. The molecule has 180 valence electrons. The quantitative estimate of drug-likeness (QED) is 0.406. The van der Waals surface area contributed by atoms with Crippen molar-refractivity contribution in [2.24, 2.45) is 0 Å². The lowest BCUT2D eigenvalue weighted by atomic mass is 9.96. The van der Waals surface area contributed by atoms with E-state index in [4.69, 9.17) is 9.47 Å². The van der Waals surface area contributed by atoms with Crippen molar-refractivity contribution < 1.29 is 14.3 Å². The van der Waals surface area contributed by atoms with Crippen molar-refractivity contribution in [3.8, 4) is 17.1 Å². The molecule has 0 saturated carbocycles. The minimum Gasteiger partial charge on any atom is -0.497 e. The maximum absolute atomic E-state index is 12.6. The summed E-state index contributed by atoms with van der Waals surface area (Å²) in [6.07, 6.45) is 3.19. The van der Waals surface area contributed by atoms with Gasteiger partial charge >= 0.3 is 0 Å². The summed E-state index contributed by atoms with van der Waals surface area (Å²) in [6, 6.07) is 18.1. The average Bonchev–Trinajstić information content (AvgIpc) is 3.54. The van der Waals surface area contributed by atoms with Crippen LogP contribution < -0.4 is 10.1 Å². The van der Waals surface area contributed by atoms with Crippen molar-refractivity contribution >= 4 is 17.7 Å². The van der Waals surface area contributed by atoms with Gasteiger partial charge < -0.3 is 14.8 Å².